The van der Waals surface area contributed by atoms with E-state index in [-0.39, 0.29) is 19.0 Å². The Bertz CT molecular complexity index is 677. The van der Waals surface area contributed by atoms with E-state index in [9.17, 15) is 14.4 Å². The first kappa shape index (κ1) is 17.2. The zero-order valence-corrected chi connectivity index (χ0v) is 14.1. The summed E-state index contributed by atoms with van der Waals surface area (Å²) in [6.07, 6.45) is 2.86. The van der Waals surface area contributed by atoms with E-state index in [4.69, 9.17) is 11.6 Å². The van der Waals surface area contributed by atoms with Crippen LogP contribution in [0.1, 0.15) is 26.3 Å². The molecule has 1 heterocycles. The molecule has 1 aromatic rings. The molecule has 1 saturated heterocycles. The van der Waals surface area contributed by atoms with Gasteiger partial charge in [0.15, 0.2) is 0 Å². The molecule has 0 N–H and O–H groups in total. The first-order valence-corrected chi connectivity index (χ1v) is 7.69. The van der Waals surface area contributed by atoms with Gasteiger partial charge in [0.25, 0.3) is 5.91 Å². The summed E-state index contributed by atoms with van der Waals surface area (Å²) >= 11 is 6.01. The Morgan fingerprint density at radius 2 is 1.74 bits per heavy atom. The fraction of sp³-hybridized carbons (Fsp3) is 0.353. The van der Waals surface area contributed by atoms with Crippen LogP contribution in [0.4, 0.5) is 4.79 Å². The fourth-order valence-electron chi connectivity index (χ4n) is 2.20. The van der Waals surface area contributed by atoms with Gasteiger partial charge < -0.3 is 0 Å². The van der Waals surface area contributed by atoms with E-state index in [1.807, 2.05) is 0 Å². The number of carbonyl (C=O) groups excluding carboxylic acids is 3. The molecule has 1 aliphatic heterocycles. The highest BCUT2D eigenvalue weighted by molar-refractivity contribution is 6.32. The van der Waals surface area contributed by atoms with Gasteiger partial charge in [-0.15, -0.1) is 0 Å². The van der Waals surface area contributed by atoms with Crippen LogP contribution < -0.4 is 0 Å². The zero-order valence-electron chi connectivity index (χ0n) is 13.4. The summed E-state index contributed by atoms with van der Waals surface area (Å²) in [7, 11) is 0. The summed E-state index contributed by atoms with van der Waals surface area (Å²) in [4.78, 5) is 38.9. The van der Waals surface area contributed by atoms with Crippen molar-refractivity contribution in [2.45, 2.75) is 20.8 Å². The summed E-state index contributed by atoms with van der Waals surface area (Å²) in [5.41, 5.74) is 0.0269. The monoisotopic (exact) mass is 334 g/mol. The van der Waals surface area contributed by atoms with Gasteiger partial charge in [0.05, 0.1) is 0 Å². The van der Waals surface area contributed by atoms with Crippen LogP contribution in [-0.2, 0) is 9.59 Å². The summed E-state index contributed by atoms with van der Waals surface area (Å²) < 4.78 is 0. The Kier molecular flexibility index (Phi) is 4.90. The van der Waals surface area contributed by atoms with Gasteiger partial charge >= 0.3 is 6.03 Å². The Hall–Kier alpha value is -2.14. The van der Waals surface area contributed by atoms with Crippen LogP contribution in [0.5, 0.6) is 0 Å². The van der Waals surface area contributed by atoms with Gasteiger partial charge in [0, 0.05) is 29.6 Å². The van der Waals surface area contributed by atoms with E-state index in [0.29, 0.717) is 10.6 Å². The SMILES string of the molecule is CC(C)(C)C(=O)N1CCN(C(=O)/C=C/c2ccccc2Cl)C1=O. The maximum atomic E-state index is 12.3. The third kappa shape index (κ3) is 3.79. The number of carbonyl (C=O) groups is 3. The van der Waals surface area contributed by atoms with E-state index in [1.54, 1.807) is 51.1 Å². The van der Waals surface area contributed by atoms with Crippen LogP contribution in [0.3, 0.4) is 0 Å². The minimum Gasteiger partial charge on any atom is -0.274 e. The molecule has 0 spiro atoms. The number of amides is 4. The molecule has 6 heteroatoms. The molecule has 0 radical (unpaired) electrons. The van der Waals surface area contributed by atoms with Crippen molar-refractivity contribution in [3.63, 3.8) is 0 Å². The third-order valence-electron chi connectivity index (χ3n) is 3.47. The molecular weight excluding hydrogens is 316 g/mol. The van der Waals surface area contributed by atoms with Crippen molar-refractivity contribution < 1.29 is 14.4 Å². The average Bonchev–Trinajstić information content (AvgIpc) is 2.86. The second kappa shape index (κ2) is 6.54. The Labute approximate surface area is 140 Å². The Balaban J connectivity index is 2.09. The number of rotatable bonds is 2. The van der Waals surface area contributed by atoms with E-state index < -0.39 is 17.4 Å². The van der Waals surface area contributed by atoms with E-state index in [0.717, 1.165) is 9.80 Å². The minimum absolute atomic E-state index is 0.201. The minimum atomic E-state index is -0.665. The number of urea groups is 1. The fourth-order valence-corrected chi connectivity index (χ4v) is 2.39. The van der Waals surface area contributed by atoms with Crippen molar-refractivity contribution in [2.75, 3.05) is 13.1 Å². The molecule has 0 atom stereocenters. The summed E-state index contributed by atoms with van der Waals surface area (Å²) in [5.74, 6) is -0.744. The summed E-state index contributed by atoms with van der Waals surface area (Å²) in [5, 5.41) is 0.522. The molecule has 0 bridgehead atoms. The maximum Gasteiger partial charge on any atom is 0.333 e. The molecule has 1 aromatic carbocycles. The smallest absolute Gasteiger partial charge is 0.274 e. The first-order valence-electron chi connectivity index (χ1n) is 7.32. The van der Waals surface area contributed by atoms with Gasteiger partial charge in [0.2, 0.25) is 5.91 Å². The quantitative estimate of drug-likeness (QED) is 0.780. The lowest BCUT2D eigenvalue weighted by atomic mass is 9.95. The molecule has 0 aromatic heterocycles. The molecule has 122 valence electrons. The number of hydrogen-bond donors (Lipinski definition) is 0. The normalized spacial score (nSPS) is 15.6. The predicted molar refractivity (Wildman–Crippen MR) is 88.8 cm³/mol. The topological polar surface area (TPSA) is 57.7 Å². The molecule has 1 fully saturated rings. The lowest BCUT2D eigenvalue weighted by Crippen LogP contribution is -2.43. The van der Waals surface area contributed by atoms with Gasteiger partial charge in [-0.2, -0.15) is 0 Å². The number of nitrogens with zero attached hydrogens (tertiary/aromatic N) is 2. The summed E-state index contributed by atoms with van der Waals surface area (Å²) in [6, 6.07) is 6.52. The molecule has 0 unspecified atom stereocenters. The van der Waals surface area contributed by atoms with Crippen molar-refractivity contribution in [2.24, 2.45) is 5.41 Å². The maximum absolute atomic E-state index is 12.3. The van der Waals surface area contributed by atoms with Crippen LogP contribution in [0, 0.1) is 5.41 Å². The van der Waals surface area contributed by atoms with Crippen molar-refractivity contribution >= 4 is 35.5 Å². The standard InChI is InChI=1S/C17H19ClN2O3/c1-17(2,3)15(22)20-11-10-19(16(20)23)14(21)9-8-12-6-4-5-7-13(12)18/h4-9H,10-11H2,1-3H3/b9-8+. The van der Waals surface area contributed by atoms with Crippen LogP contribution in [0.25, 0.3) is 6.08 Å². The molecular formula is C17H19ClN2O3. The number of hydrogen-bond acceptors (Lipinski definition) is 3. The highest BCUT2D eigenvalue weighted by atomic mass is 35.5. The largest absolute Gasteiger partial charge is 0.333 e. The first-order chi connectivity index (χ1) is 10.7. The zero-order chi connectivity index (χ0) is 17.2. The lowest BCUT2D eigenvalue weighted by Gasteiger charge is -2.23. The Morgan fingerprint density at radius 1 is 1.13 bits per heavy atom. The van der Waals surface area contributed by atoms with E-state index in [1.165, 1.54) is 6.08 Å². The molecule has 0 aliphatic carbocycles. The number of halogens is 1. The van der Waals surface area contributed by atoms with Crippen molar-refractivity contribution in [3.05, 3.63) is 40.9 Å². The van der Waals surface area contributed by atoms with Gasteiger partial charge in [-0.05, 0) is 17.7 Å². The van der Waals surface area contributed by atoms with Gasteiger partial charge in [0.1, 0.15) is 0 Å². The number of imide groups is 2. The second-order valence-corrected chi connectivity index (χ2v) is 6.74. The van der Waals surface area contributed by atoms with Crippen LogP contribution in [0.15, 0.2) is 30.3 Å². The second-order valence-electron chi connectivity index (χ2n) is 6.33. The van der Waals surface area contributed by atoms with Gasteiger partial charge in [-0.3, -0.25) is 19.4 Å². The molecule has 1 aliphatic rings. The van der Waals surface area contributed by atoms with Crippen LogP contribution in [0.2, 0.25) is 5.02 Å². The predicted octanol–water partition coefficient (Wildman–Crippen LogP) is 3.19. The molecule has 2 rings (SSSR count). The van der Waals surface area contributed by atoms with Crippen molar-refractivity contribution in [1.29, 1.82) is 0 Å². The molecule has 4 amide bonds. The van der Waals surface area contributed by atoms with E-state index in [2.05, 4.69) is 0 Å². The van der Waals surface area contributed by atoms with E-state index >= 15 is 0 Å². The van der Waals surface area contributed by atoms with Crippen molar-refractivity contribution in [1.82, 2.24) is 9.80 Å². The highest BCUT2D eigenvalue weighted by Gasteiger charge is 2.39. The summed E-state index contributed by atoms with van der Waals surface area (Å²) in [6.45, 7) is 5.64. The Morgan fingerprint density at radius 3 is 2.35 bits per heavy atom. The highest BCUT2D eigenvalue weighted by Crippen LogP contribution is 2.22. The average molecular weight is 335 g/mol. The van der Waals surface area contributed by atoms with Gasteiger partial charge in [-0.25, -0.2) is 4.79 Å². The van der Waals surface area contributed by atoms with Crippen LogP contribution >= 0.6 is 11.6 Å². The number of benzene rings is 1. The van der Waals surface area contributed by atoms with Crippen molar-refractivity contribution in [3.8, 4) is 0 Å². The molecule has 23 heavy (non-hydrogen) atoms. The third-order valence-corrected chi connectivity index (χ3v) is 3.82. The lowest BCUT2D eigenvalue weighted by molar-refractivity contribution is -0.135. The molecule has 5 nitrogen and oxygen atoms in total. The van der Waals surface area contributed by atoms with Gasteiger partial charge in [-0.1, -0.05) is 50.6 Å². The van der Waals surface area contributed by atoms with Crippen LogP contribution in [-0.4, -0.2) is 40.7 Å². The molecule has 0 saturated carbocycles.